The molecule has 0 heterocycles. The van der Waals surface area contributed by atoms with Crippen LogP contribution in [-0.2, 0) is 4.79 Å². The molecular formula is C25H51ClN2O. The van der Waals surface area contributed by atoms with Gasteiger partial charge in [0.05, 0.1) is 26.7 Å². The van der Waals surface area contributed by atoms with Crippen molar-refractivity contribution in [3.8, 4) is 0 Å². The second-order valence-corrected chi connectivity index (χ2v) is 9.23. The number of unbranched alkanes of at least 4 members (excludes halogenated alkanes) is 12. The van der Waals surface area contributed by atoms with E-state index in [-0.39, 0.29) is 18.3 Å². The molecule has 0 saturated carbocycles. The normalized spacial score (nSPS) is 12.3. The smallest absolute Gasteiger partial charge is 0.243 e. The summed E-state index contributed by atoms with van der Waals surface area (Å²) in [7, 11) is 4.64. The molecule has 0 aliphatic carbocycles. The molecule has 29 heavy (non-hydrogen) atoms. The van der Waals surface area contributed by atoms with Gasteiger partial charge in [0.15, 0.2) is 0 Å². The Kier molecular flexibility index (Phi) is 21.9. The Morgan fingerprint density at radius 2 is 1.31 bits per heavy atom. The minimum atomic E-state index is -0.0645. The Morgan fingerprint density at radius 1 is 0.862 bits per heavy atom. The van der Waals surface area contributed by atoms with E-state index in [0.717, 1.165) is 24.0 Å². The van der Waals surface area contributed by atoms with E-state index in [2.05, 4.69) is 39.8 Å². The van der Waals surface area contributed by atoms with Crippen molar-refractivity contribution in [2.24, 2.45) is 0 Å². The van der Waals surface area contributed by atoms with Crippen LogP contribution in [0, 0.1) is 0 Å². The molecule has 1 unspecified atom stereocenters. The standard InChI is InChI=1S/C25H50N2O.ClH/c1-6-8-9-10-11-12-13-14-15-16-17-18-19-21-24(3)27(4,5)23-20-22-26-25(28)7-2;/h7,24H,2,6,8-23H2,1,3-5H3;1H. The molecule has 0 fully saturated rings. The predicted molar refractivity (Wildman–Crippen MR) is 125 cm³/mol. The molecule has 0 spiro atoms. The third-order valence-corrected chi connectivity index (χ3v) is 6.31. The van der Waals surface area contributed by atoms with Gasteiger partial charge in [-0.1, -0.05) is 90.6 Å². The molecule has 0 rings (SSSR count). The Balaban J connectivity index is 0. The number of hydrogen-bond acceptors (Lipinski definition) is 1. The first kappa shape index (κ1) is 30.7. The fourth-order valence-corrected chi connectivity index (χ4v) is 3.80. The van der Waals surface area contributed by atoms with E-state index in [4.69, 9.17) is 0 Å². The van der Waals surface area contributed by atoms with Gasteiger partial charge in [0.25, 0.3) is 0 Å². The molecule has 0 bridgehead atoms. The highest BCUT2D eigenvalue weighted by molar-refractivity contribution is 5.86. The molecule has 1 atom stereocenters. The highest BCUT2D eigenvalue weighted by atomic mass is 35.5. The van der Waals surface area contributed by atoms with Crippen LogP contribution in [0.4, 0.5) is 0 Å². The lowest BCUT2D eigenvalue weighted by Gasteiger charge is -2.36. The van der Waals surface area contributed by atoms with E-state index < -0.39 is 0 Å². The first-order valence-corrected chi connectivity index (χ1v) is 12.2. The number of nitrogens with zero attached hydrogens (tertiary/aromatic N) is 1. The van der Waals surface area contributed by atoms with Crippen molar-refractivity contribution in [1.29, 1.82) is 0 Å². The van der Waals surface area contributed by atoms with Gasteiger partial charge in [-0.2, -0.15) is 0 Å². The molecule has 0 aliphatic heterocycles. The second kappa shape index (κ2) is 20.7. The molecule has 3 nitrogen and oxygen atoms in total. The van der Waals surface area contributed by atoms with Crippen LogP contribution in [0.15, 0.2) is 12.7 Å². The summed E-state index contributed by atoms with van der Waals surface area (Å²) in [4.78, 5) is 11.2. The van der Waals surface area contributed by atoms with Crippen molar-refractivity contribution in [2.45, 2.75) is 116 Å². The van der Waals surface area contributed by atoms with Gasteiger partial charge in [-0.05, 0) is 25.8 Å². The van der Waals surface area contributed by atoms with Gasteiger partial charge in [0.1, 0.15) is 0 Å². The minimum absolute atomic E-state index is 0. The van der Waals surface area contributed by atoms with Gasteiger partial charge in [-0.15, -0.1) is 0 Å². The fourth-order valence-electron chi connectivity index (χ4n) is 3.80. The maximum atomic E-state index is 11.2. The summed E-state index contributed by atoms with van der Waals surface area (Å²) in [5, 5.41) is 2.87. The van der Waals surface area contributed by atoms with Crippen molar-refractivity contribution < 1.29 is 21.7 Å². The number of halogens is 1. The van der Waals surface area contributed by atoms with Crippen LogP contribution in [0.1, 0.15) is 110 Å². The van der Waals surface area contributed by atoms with E-state index in [1.54, 1.807) is 0 Å². The first-order valence-electron chi connectivity index (χ1n) is 12.2. The van der Waals surface area contributed by atoms with Crippen molar-refractivity contribution in [2.75, 3.05) is 27.2 Å². The SMILES string of the molecule is C=CC(=O)NCCC[N+](C)(C)C(C)CCCCCCCCCCCCCCC.[Cl-]. The van der Waals surface area contributed by atoms with Gasteiger partial charge >= 0.3 is 0 Å². The number of carbonyl (C=O) groups is 1. The number of nitrogens with one attached hydrogen (secondary N) is 1. The van der Waals surface area contributed by atoms with Gasteiger partial charge < -0.3 is 22.2 Å². The van der Waals surface area contributed by atoms with Gasteiger partial charge in [0.2, 0.25) is 5.91 Å². The molecule has 0 aromatic rings. The van der Waals surface area contributed by atoms with E-state index >= 15 is 0 Å². The third kappa shape index (κ3) is 19.2. The summed E-state index contributed by atoms with van der Waals surface area (Å²) >= 11 is 0. The first-order chi connectivity index (χ1) is 13.4. The molecule has 0 aliphatic rings. The van der Waals surface area contributed by atoms with Crippen molar-refractivity contribution in [1.82, 2.24) is 5.32 Å². The van der Waals surface area contributed by atoms with Crippen LogP contribution in [0.3, 0.4) is 0 Å². The quantitative estimate of drug-likeness (QED) is 0.178. The maximum absolute atomic E-state index is 11.2. The van der Waals surface area contributed by atoms with Gasteiger partial charge in [0, 0.05) is 13.0 Å². The highest BCUT2D eigenvalue weighted by Gasteiger charge is 2.22. The van der Waals surface area contributed by atoms with E-state index in [1.807, 2.05) is 0 Å². The zero-order chi connectivity index (χ0) is 21.1. The summed E-state index contributed by atoms with van der Waals surface area (Å²) < 4.78 is 1.04. The van der Waals surface area contributed by atoms with E-state index in [9.17, 15) is 4.79 Å². The van der Waals surface area contributed by atoms with Crippen molar-refractivity contribution >= 4 is 5.91 Å². The lowest BCUT2D eigenvalue weighted by atomic mass is 10.0. The van der Waals surface area contributed by atoms with E-state index in [0.29, 0.717) is 6.04 Å². The summed E-state index contributed by atoms with van der Waals surface area (Å²) in [6, 6.07) is 0.683. The van der Waals surface area contributed by atoms with Crippen LogP contribution in [-0.4, -0.2) is 43.6 Å². The summed E-state index contributed by atoms with van der Waals surface area (Å²) in [6.45, 7) is 10.0. The number of quaternary nitrogens is 1. The Morgan fingerprint density at radius 3 is 1.76 bits per heavy atom. The Hall–Kier alpha value is -0.540. The lowest BCUT2D eigenvalue weighted by molar-refractivity contribution is -0.913. The molecule has 4 heteroatoms. The number of carbonyl (C=O) groups excluding carboxylic acids is 1. The van der Waals surface area contributed by atoms with Crippen LogP contribution in [0.2, 0.25) is 0 Å². The Labute approximate surface area is 189 Å². The van der Waals surface area contributed by atoms with Crippen molar-refractivity contribution in [3.05, 3.63) is 12.7 Å². The zero-order valence-corrected chi connectivity index (χ0v) is 20.9. The largest absolute Gasteiger partial charge is 1.00 e. The monoisotopic (exact) mass is 430 g/mol. The number of rotatable bonds is 20. The number of hydrogen-bond donors (Lipinski definition) is 1. The van der Waals surface area contributed by atoms with Gasteiger partial charge in [-0.25, -0.2) is 0 Å². The van der Waals surface area contributed by atoms with Gasteiger partial charge in [-0.3, -0.25) is 4.79 Å². The highest BCUT2D eigenvalue weighted by Crippen LogP contribution is 2.17. The van der Waals surface area contributed by atoms with Crippen molar-refractivity contribution in [3.63, 3.8) is 0 Å². The van der Waals surface area contributed by atoms with Crippen LogP contribution >= 0.6 is 0 Å². The second-order valence-electron chi connectivity index (χ2n) is 9.23. The zero-order valence-electron chi connectivity index (χ0n) is 20.1. The average molecular weight is 431 g/mol. The minimum Gasteiger partial charge on any atom is -1.00 e. The van der Waals surface area contributed by atoms with Crippen LogP contribution in [0.25, 0.3) is 0 Å². The lowest BCUT2D eigenvalue weighted by Crippen LogP contribution is -3.00. The molecule has 1 amide bonds. The molecule has 1 N–H and O–H groups in total. The summed E-state index contributed by atoms with van der Waals surface area (Å²) in [6.07, 6.45) is 22.1. The topological polar surface area (TPSA) is 29.1 Å². The molecule has 0 aromatic carbocycles. The molecule has 174 valence electrons. The maximum Gasteiger partial charge on any atom is 0.243 e. The summed E-state index contributed by atoms with van der Waals surface area (Å²) in [5.74, 6) is -0.0645. The molecule has 0 saturated heterocycles. The fraction of sp³-hybridized carbons (Fsp3) is 0.880. The third-order valence-electron chi connectivity index (χ3n) is 6.31. The molecular weight excluding hydrogens is 380 g/mol. The van der Waals surface area contributed by atoms with E-state index in [1.165, 1.54) is 96.0 Å². The molecule has 0 aromatic heterocycles. The average Bonchev–Trinajstić information content (AvgIpc) is 2.68. The predicted octanol–water partition coefficient (Wildman–Crippen LogP) is 3.63. The number of amides is 1. The Bertz CT molecular complexity index is 385. The van der Waals surface area contributed by atoms with Crippen LogP contribution < -0.4 is 17.7 Å². The molecule has 0 radical (unpaired) electrons. The summed E-state index contributed by atoms with van der Waals surface area (Å²) in [5.41, 5.74) is 0. The van der Waals surface area contributed by atoms with Crippen LogP contribution in [0.5, 0.6) is 0 Å².